The van der Waals surface area contributed by atoms with E-state index in [2.05, 4.69) is 15.5 Å². The van der Waals surface area contributed by atoms with Gasteiger partial charge < -0.3 is 20.3 Å². The Hall–Kier alpha value is -3.30. The van der Waals surface area contributed by atoms with Gasteiger partial charge in [0.05, 0.1) is 24.8 Å². The van der Waals surface area contributed by atoms with Crippen LogP contribution in [-0.4, -0.2) is 43.1 Å². The lowest BCUT2D eigenvalue weighted by molar-refractivity contribution is -0.123. The first kappa shape index (κ1) is 20.6. The number of benzene rings is 2. The molecule has 1 aromatic heterocycles. The molecule has 1 atom stereocenters. The van der Waals surface area contributed by atoms with Crippen LogP contribution in [0.25, 0.3) is 11.3 Å². The Bertz CT molecular complexity index is 1160. The molecule has 32 heavy (non-hydrogen) atoms. The maximum absolute atomic E-state index is 13.5. The number of amides is 2. The van der Waals surface area contributed by atoms with Crippen molar-refractivity contribution in [1.82, 2.24) is 4.98 Å². The molecule has 9 heteroatoms. The Morgan fingerprint density at radius 3 is 2.75 bits per heavy atom. The summed E-state index contributed by atoms with van der Waals surface area (Å²) < 4.78 is 18.9. The molecule has 2 aromatic carbocycles. The first-order valence-electron chi connectivity index (χ1n) is 10.4. The van der Waals surface area contributed by atoms with E-state index in [0.717, 1.165) is 29.5 Å². The number of fused-ring (bicyclic) bond motifs is 1. The van der Waals surface area contributed by atoms with Crippen LogP contribution in [0.15, 0.2) is 47.8 Å². The number of carbonyl (C=O) groups excluding carboxylic acids is 2. The van der Waals surface area contributed by atoms with Gasteiger partial charge in [0.1, 0.15) is 5.82 Å². The minimum Gasteiger partial charge on any atom is -0.378 e. The lowest BCUT2D eigenvalue weighted by atomic mass is 9.89. The number of ether oxygens (including phenoxy) is 1. The molecule has 1 unspecified atom stereocenters. The molecule has 2 N–H and O–H groups in total. The van der Waals surface area contributed by atoms with Crippen molar-refractivity contribution in [2.75, 3.05) is 41.8 Å². The van der Waals surface area contributed by atoms with Crippen LogP contribution in [-0.2, 0) is 14.3 Å². The molecular formula is C23H21FN4O3S. The Morgan fingerprint density at radius 1 is 1.19 bits per heavy atom. The molecule has 0 bridgehead atoms. The van der Waals surface area contributed by atoms with E-state index in [1.54, 1.807) is 17.4 Å². The maximum Gasteiger partial charge on any atom is 0.232 e. The average molecular weight is 453 g/mol. The number of hydrogen-bond acceptors (Lipinski definition) is 6. The minimum atomic E-state index is -0.673. The lowest BCUT2D eigenvalue weighted by Crippen LogP contribution is -2.36. The summed E-state index contributed by atoms with van der Waals surface area (Å²) in [6.45, 7) is 3.11. The van der Waals surface area contributed by atoms with Gasteiger partial charge in [0.15, 0.2) is 5.13 Å². The summed E-state index contributed by atoms with van der Waals surface area (Å²) in [4.78, 5) is 31.8. The SMILES string of the molecule is O=C1CC(C(=O)Nc2ccc(-c3csc(N4CCOCC4)n3)cc2)c2ccc(F)cc2N1. The molecule has 7 nitrogen and oxygen atoms in total. The topological polar surface area (TPSA) is 83.6 Å². The number of anilines is 3. The van der Waals surface area contributed by atoms with Crippen LogP contribution < -0.4 is 15.5 Å². The van der Waals surface area contributed by atoms with Crippen molar-refractivity contribution in [1.29, 1.82) is 0 Å². The second kappa shape index (κ2) is 8.68. The fourth-order valence-corrected chi connectivity index (χ4v) is 4.81. The molecule has 1 fully saturated rings. The Labute approximate surface area is 188 Å². The summed E-state index contributed by atoms with van der Waals surface area (Å²) in [5.41, 5.74) is 3.41. The van der Waals surface area contributed by atoms with Crippen molar-refractivity contribution < 1.29 is 18.7 Å². The van der Waals surface area contributed by atoms with Crippen LogP contribution in [0.4, 0.5) is 20.9 Å². The van der Waals surface area contributed by atoms with E-state index in [4.69, 9.17) is 9.72 Å². The number of nitrogens with one attached hydrogen (secondary N) is 2. The highest BCUT2D eigenvalue weighted by Crippen LogP contribution is 2.34. The van der Waals surface area contributed by atoms with Gasteiger partial charge in [-0.2, -0.15) is 0 Å². The molecule has 1 saturated heterocycles. The van der Waals surface area contributed by atoms with E-state index in [9.17, 15) is 14.0 Å². The second-order valence-corrected chi connectivity index (χ2v) is 8.55. The van der Waals surface area contributed by atoms with Crippen LogP contribution in [0, 0.1) is 5.82 Å². The van der Waals surface area contributed by atoms with E-state index in [0.29, 0.717) is 30.2 Å². The van der Waals surface area contributed by atoms with Gasteiger partial charge >= 0.3 is 0 Å². The molecule has 0 saturated carbocycles. The number of halogens is 1. The fraction of sp³-hybridized carbons (Fsp3) is 0.261. The third-order valence-electron chi connectivity index (χ3n) is 5.59. The van der Waals surface area contributed by atoms with Crippen LogP contribution in [0.3, 0.4) is 0 Å². The van der Waals surface area contributed by atoms with Crippen LogP contribution in [0.1, 0.15) is 17.9 Å². The molecule has 0 radical (unpaired) electrons. The first-order valence-corrected chi connectivity index (χ1v) is 11.2. The molecule has 0 aliphatic carbocycles. The van der Waals surface area contributed by atoms with Gasteiger partial charge in [-0.1, -0.05) is 18.2 Å². The number of morpholine rings is 1. The third kappa shape index (κ3) is 4.21. The number of hydrogen-bond donors (Lipinski definition) is 2. The summed E-state index contributed by atoms with van der Waals surface area (Å²) in [5, 5.41) is 8.50. The molecule has 2 amide bonds. The summed E-state index contributed by atoms with van der Waals surface area (Å²) in [6.07, 6.45) is 0.0195. The van der Waals surface area contributed by atoms with Crippen molar-refractivity contribution in [2.24, 2.45) is 0 Å². The molecule has 0 spiro atoms. The van der Waals surface area contributed by atoms with Gasteiger partial charge in [-0.05, 0) is 29.8 Å². The van der Waals surface area contributed by atoms with E-state index in [1.165, 1.54) is 12.1 Å². The Balaban J connectivity index is 1.29. The number of carbonyl (C=O) groups is 2. The zero-order valence-electron chi connectivity index (χ0n) is 17.1. The van der Waals surface area contributed by atoms with Gasteiger partial charge in [-0.25, -0.2) is 9.37 Å². The fourth-order valence-electron chi connectivity index (χ4n) is 3.92. The van der Waals surface area contributed by atoms with Crippen LogP contribution in [0.5, 0.6) is 0 Å². The minimum absolute atomic E-state index is 0.0195. The monoisotopic (exact) mass is 452 g/mol. The third-order valence-corrected chi connectivity index (χ3v) is 6.49. The number of aromatic nitrogens is 1. The van der Waals surface area contributed by atoms with Gasteiger partial charge in [0, 0.05) is 41.8 Å². The number of rotatable bonds is 4. The summed E-state index contributed by atoms with van der Waals surface area (Å²) in [6, 6.07) is 11.5. The summed E-state index contributed by atoms with van der Waals surface area (Å²) in [5.74, 6) is -1.74. The molecular weight excluding hydrogens is 431 g/mol. The largest absolute Gasteiger partial charge is 0.378 e. The smallest absolute Gasteiger partial charge is 0.232 e. The zero-order valence-corrected chi connectivity index (χ0v) is 18.0. The Kier molecular flexibility index (Phi) is 5.59. The molecule has 2 aliphatic heterocycles. The highest BCUT2D eigenvalue weighted by atomic mass is 32.1. The van der Waals surface area contributed by atoms with Crippen molar-refractivity contribution in [3.05, 3.63) is 59.2 Å². The highest BCUT2D eigenvalue weighted by Gasteiger charge is 2.31. The quantitative estimate of drug-likeness (QED) is 0.628. The second-order valence-electron chi connectivity index (χ2n) is 7.72. The molecule has 2 aliphatic rings. The van der Waals surface area contributed by atoms with E-state index in [1.807, 2.05) is 29.6 Å². The predicted octanol–water partition coefficient (Wildman–Crippen LogP) is 3.85. The number of nitrogens with zero attached hydrogens (tertiary/aromatic N) is 2. The lowest BCUT2D eigenvalue weighted by Gasteiger charge is -2.26. The molecule has 164 valence electrons. The maximum atomic E-state index is 13.5. The van der Waals surface area contributed by atoms with Gasteiger partial charge in [0.2, 0.25) is 11.8 Å². The van der Waals surface area contributed by atoms with Crippen molar-refractivity contribution >= 4 is 39.7 Å². The van der Waals surface area contributed by atoms with E-state index < -0.39 is 11.7 Å². The van der Waals surface area contributed by atoms with Gasteiger partial charge in [0.25, 0.3) is 0 Å². The molecule has 3 heterocycles. The number of thiazole rings is 1. The standard InChI is InChI=1S/C23H21FN4O3S/c24-15-3-6-17-18(12-21(29)26-19(17)11-15)22(30)25-16-4-1-14(2-5-16)20-13-32-23(27-20)28-7-9-31-10-8-28/h1-6,11,13,18H,7-10,12H2,(H,25,30)(H,26,29). The van der Waals surface area contributed by atoms with E-state index >= 15 is 0 Å². The van der Waals surface area contributed by atoms with Crippen molar-refractivity contribution in [2.45, 2.75) is 12.3 Å². The zero-order chi connectivity index (χ0) is 22.1. The predicted molar refractivity (Wildman–Crippen MR) is 122 cm³/mol. The van der Waals surface area contributed by atoms with Crippen LogP contribution >= 0.6 is 11.3 Å². The normalized spacial score (nSPS) is 18.1. The van der Waals surface area contributed by atoms with Crippen molar-refractivity contribution in [3.63, 3.8) is 0 Å². The van der Waals surface area contributed by atoms with Gasteiger partial charge in [-0.3, -0.25) is 9.59 Å². The highest BCUT2D eigenvalue weighted by molar-refractivity contribution is 7.14. The first-order chi connectivity index (χ1) is 15.6. The van der Waals surface area contributed by atoms with Gasteiger partial charge in [-0.15, -0.1) is 11.3 Å². The molecule has 3 aromatic rings. The summed E-state index contributed by atoms with van der Waals surface area (Å²) in [7, 11) is 0. The van der Waals surface area contributed by atoms with Crippen LogP contribution in [0.2, 0.25) is 0 Å². The average Bonchev–Trinajstić information content (AvgIpc) is 3.29. The molecule has 5 rings (SSSR count). The van der Waals surface area contributed by atoms with E-state index in [-0.39, 0.29) is 18.2 Å². The Morgan fingerprint density at radius 2 is 1.97 bits per heavy atom. The van der Waals surface area contributed by atoms with Crippen molar-refractivity contribution in [3.8, 4) is 11.3 Å². The summed E-state index contributed by atoms with van der Waals surface area (Å²) >= 11 is 1.60.